The highest BCUT2D eigenvalue weighted by atomic mass is 32.2. The third-order valence-corrected chi connectivity index (χ3v) is 9.70. The molecule has 186 valence electrons. The van der Waals surface area contributed by atoms with Crippen molar-refractivity contribution in [3.05, 3.63) is 29.8 Å². The van der Waals surface area contributed by atoms with Gasteiger partial charge in [0.1, 0.15) is 0 Å². The maximum atomic E-state index is 13.1. The first kappa shape index (κ1) is 23.8. The predicted molar refractivity (Wildman–Crippen MR) is 125 cm³/mol. The van der Waals surface area contributed by atoms with Crippen LogP contribution in [0, 0.1) is 17.8 Å². The van der Waals surface area contributed by atoms with E-state index < -0.39 is 16.0 Å². The van der Waals surface area contributed by atoms with E-state index in [2.05, 4.69) is 5.32 Å². The van der Waals surface area contributed by atoms with Crippen LogP contribution in [0.2, 0.25) is 0 Å². The lowest BCUT2D eigenvalue weighted by Gasteiger charge is -2.56. The number of nitrogens with one attached hydrogen (secondary N) is 1. The molecule has 4 bridgehead atoms. The Kier molecular flexibility index (Phi) is 6.23. The summed E-state index contributed by atoms with van der Waals surface area (Å²) < 4.78 is 38.5. The van der Waals surface area contributed by atoms with Gasteiger partial charge in [-0.1, -0.05) is 6.07 Å². The van der Waals surface area contributed by atoms with Crippen molar-refractivity contribution in [2.45, 2.75) is 75.0 Å². The van der Waals surface area contributed by atoms with Crippen molar-refractivity contribution < 1.29 is 27.5 Å². The second-order valence-electron chi connectivity index (χ2n) is 10.9. The van der Waals surface area contributed by atoms with Crippen LogP contribution in [0.1, 0.15) is 62.7 Å². The summed E-state index contributed by atoms with van der Waals surface area (Å²) in [5.74, 6) is 1.13. The lowest BCUT2D eigenvalue weighted by Crippen LogP contribution is -2.60. The van der Waals surface area contributed by atoms with Crippen molar-refractivity contribution >= 4 is 21.9 Å². The van der Waals surface area contributed by atoms with Crippen molar-refractivity contribution in [2.75, 3.05) is 19.7 Å². The van der Waals surface area contributed by atoms with Crippen LogP contribution in [0.25, 0.3) is 0 Å². The van der Waals surface area contributed by atoms with Gasteiger partial charge in [0.15, 0.2) is 6.61 Å². The molecule has 0 spiro atoms. The minimum atomic E-state index is -3.78. The van der Waals surface area contributed by atoms with Crippen LogP contribution in [0.4, 0.5) is 0 Å². The number of ether oxygens (including phenoxy) is 2. The van der Waals surface area contributed by atoms with Crippen molar-refractivity contribution in [1.82, 2.24) is 9.62 Å². The standard InChI is InChI=1S/C25H34N2O6S/c1-16-13-27(14-17(2)33-16)34(30,31)22-5-3-4-21(9-22)24(29)32-15-23(28)26-25-10-18-6-19(11-25)8-20(7-18)12-25/h3-5,9,16-20H,6-8,10-15H2,1-2H3,(H,26,28)/t16-,17+,18?,19?,20?,25?. The molecular weight excluding hydrogens is 456 g/mol. The highest BCUT2D eigenvalue weighted by Crippen LogP contribution is 2.55. The normalized spacial score (nSPS) is 35.2. The number of carbonyl (C=O) groups is 2. The highest BCUT2D eigenvalue weighted by molar-refractivity contribution is 7.89. The number of morpholine rings is 1. The summed E-state index contributed by atoms with van der Waals surface area (Å²) in [5.41, 5.74) is -0.0309. The fourth-order valence-corrected chi connectivity index (χ4v) is 8.71. The van der Waals surface area contributed by atoms with Crippen LogP contribution in [0.3, 0.4) is 0 Å². The van der Waals surface area contributed by atoms with Gasteiger partial charge in [-0.3, -0.25) is 4.79 Å². The first-order valence-corrected chi connectivity index (χ1v) is 13.8. The molecule has 34 heavy (non-hydrogen) atoms. The van der Waals surface area contributed by atoms with E-state index in [4.69, 9.17) is 9.47 Å². The molecule has 9 heteroatoms. The maximum absolute atomic E-state index is 13.1. The Labute approximate surface area is 201 Å². The number of hydrogen-bond donors (Lipinski definition) is 1. The van der Waals surface area contributed by atoms with Gasteiger partial charge in [-0.2, -0.15) is 4.31 Å². The number of carbonyl (C=O) groups excluding carboxylic acids is 2. The van der Waals surface area contributed by atoms with Crippen molar-refractivity contribution in [3.8, 4) is 0 Å². The Morgan fingerprint density at radius 3 is 2.24 bits per heavy atom. The molecule has 2 atom stereocenters. The molecule has 0 unspecified atom stereocenters. The summed E-state index contributed by atoms with van der Waals surface area (Å²) in [7, 11) is -3.78. The molecule has 0 aromatic heterocycles. The van der Waals surface area contributed by atoms with Crippen LogP contribution in [-0.4, -0.2) is 62.0 Å². The third-order valence-electron chi connectivity index (χ3n) is 7.87. The van der Waals surface area contributed by atoms with Gasteiger partial charge in [0.05, 0.1) is 22.7 Å². The lowest BCUT2D eigenvalue weighted by atomic mass is 9.53. The second kappa shape index (κ2) is 8.91. The molecule has 6 rings (SSSR count). The highest BCUT2D eigenvalue weighted by Gasteiger charge is 2.51. The summed E-state index contributed by atoms with van der Waals surface area (Å²) in [4.78, 5) is 25.3. The Balaban J connectivity index is 1.20. The van der Waals surface area contributed by atoms with Gasteiger partial charge in [0.25, 0.3) is 5.91 Å². The quantitative estimate of drug-likeness (QED) is 0.616. The Morgan fingerprint density at radius 1 is 1.06 bits per heavy atom. The van der Waals surface area contributed by atoms with E-state index in [0.29, 0.717) is 17.8 Å². The summed E-state index contributed by atoms with van der Waals surface area (Å²) in [5, 5.41) is 3.19. The number of rotatable bonds is 6. The number of nitrogens with zero attached hydrogens (tertiary/aromatic N) is 1. The number of esters is 1. The molecular formula is C25H34N2O6S. The molecule has 4 saturated carbocycles. The van der Waals surface area contributed by atoms with Gasteiger partial charge in [-0.05, 0) is 88.3 Å². The van der Waals surface area contributed by atoms with E-state index in [1.165, 1.54) is 47.8 Å². The number of sulfonamides is 1. The maximum Gasteiger partial charge on any atom is 0.338 e. The molecule has 0 radical (unpaired) electrons. The van der Waals surface area contributed by atoms with Gasteiger partial charge in [0, 0.05) is 18.6 Å². The number of benzene rings is 1. The zero-order valence-corrected chi connectivity index (χ0v) is 20.7. The zero-order chi connectivity index (χ0) is 24.1. The molecule has 1 saturated heterocycles. The fourth-order valence-electron chi connectivity index (χ4n) is 7.07. The van der Waals surface area contributed by atoms with Crippen LogP contribution in [-0.2, 0) is 24.3 Å². The average Bonchev–Trinajstić information content (AvgIpc) is 2.75. The zero-order valence-electron chi connectivity index (χ0n) is 19.9. The van der Waals surface area contributed by atoms with E-state index >= 15 is 0 Å². The van der Waals surface area contributed by atoms with E-state index in [-0.39, 0.29) is 53.8 Å². The van der Waals surface area contributed by atoms with Gasteiger partial charge in [-0.15, -0.1) is 0 Å². The molecule has 1 heterocycles. The van der Waals surface area contributed by atoms with Crippen molar-refractivity contribution in [2.24, 2.45) is 17.8 Å². The van der Waals surface area contributed by atoms with E-state index in [0.717, 1.165) is 19.3 Å². The Hall–Kier alpha value is -1.97. The smallest absolute Gasteiger partial charge is 0.338 e. The number of amides is 1. The summed E-state index contributed by atoms with van der Waals surface area (Å²) in [6.07, 6.45) is 6.51. The topological polar surface area (TPSA) is 102 Å². The minimum absolute atomic E-state index is 0.0290. The molecule has 1 aromatic rings. The average molecular weight is 491 g/mol. The molecule has 8 nitrogen and oxygen atoms in total. The van der Waals surface area contributed by atoms with Crippen LogP contribution in [0.15, 0.2) is 29.2 Å². The second-order valence-corrected chi connectivity index (χ2v) is 12.9. The van der Waals surface area contributed by atoms with Crippen LogP contribution >= 0.6 is 0 Å². The first-order chi connectivity index (χ1) is 16.1. The molecule has 4 aliphatic carbocycles. The van der Waals surface area contributed by atoms with E-state index in [1.807, 2.05) is 13.8 Å². The molecule has 1 N–H and O–H groups in total. The number of hydrogen-bond acceptors (Lipinski definition) is 6. The minimum Gasteiger partial charge on any atom is -0.452 e. The molecule has 1 amide bonds. The van der Waals surface area contributed by atoms with E-state index in [9.17, 15) is 18.0 Å². The third kappa shape index (κ3) is 4.75. The Bertz CT molecular complexity index is 1030. The first-order valence-electron chi connectivity index (χ1n) is 12.4. The largest absolute Gasteiger partial charge is 0.452 e. The Morgan fingerprint density at radius 2 is 1.65 bits per heavy atom. The summed E-state index contributed by atoms with van der Waals surface area (Å²) in [6, 6.07) is 5.81. The van der Waals surface area contributed by atoms with E-state index in [1.54, 1.807) is 0 Å². The van der Waals surface area contributed by atoms with Gasteiger partial charge in [0.2, 0.25) is 10.0 Å². The summed E-state index contributed by atoms with van der Waals surface area (Å²) >= 11 is 0. The van der Waals surface area contributed by atoms with Crippen molar-refractivity contribution in [1.29, 1.82) is 0 Å². The van der Waals surface area contributed by atoms with Gasteiger partial charge < -0.3 is 14.8 Å². The SMILES string of the molecule is C[C@@H]1CN(S(=O)(=O)c2cccc(C(=O)OCC(=O)NC34CC5CC(CC(C5)C3)C4)c2)C[C@H](C)O1. The lowest BCUT2D eigenvalue weighted by molar-refractivity contribution is -0.130. The van der Waals surface area contributed by atoms with Crippen LogP contribution in [0.5, 0.6) is 0 Å². The van der Waals surface area contributed by atoms with Gasteiger partial charge in [-0.25, -0.2) is 13.2 Å². The summed E-state index contributed by atoms with van der Waals surface area (Å²) in [6.45, 7) is 3.81. The molecule has 5 fully saturated rings. The van der Waals surface area contributed by atoms with Crippen molar-refractivity contribution in [3.63, 3.8) is 0 Å². The molecule has 5 aliphatic rings. The molecule has 1 aromatic carbocycles. The fraction of sp³-hybridized carbons (Fsp3) is 0.680. The predicted octanol–water partition coefficient (Wildman–Crippen LogP) is 2.73. The molecule has 1 aliphatic heterocycles. The monoisotopic (exact) mass is 490 g/mol. The van der Waals surface area contributed by atoms with Crippen LogP contribution < -0.4 is 5.32 Å². The van der Waals surface area contributed by atoms with Gasteiger partial charge >= 0.3 is 5.97 Å².